The summed E-state index contributed by atoms with van der Waals surface area (Å²) in [5.74, 6) is 0.424. The first kappa shape index (κ1) is 20.2. The number of rotatable bonds is 5. The molecule has 29 heavy (non-hydrogen) atoms. The summed E-state index contributed by atoms with van der Waals surface area (Å²) in [4.78, 5) is 18.0. The molecule has 0 spiro atoms. The van der Waals surface area contributed by atoms with Gasteiger partial charge in [0.1, 0.15) is 0 Å². The van der Waals surface area contributed by atoms with Crippen molar-refractivity contribution < 1.29 is 4.79 Å². The maximum atomic E-state index is 13.2. The summed E-state index contributed by atoms with van der Waals surface area (Å²) in [6.45, 7) is 3.84. The number of benzene rings is 2. The molecule has 2 fully saturated rings. The van der Waals surface area contributed by atoms with Crippen LogP contribution in [0.2, 0.25) is 0 Å². The molecule has 0 bridgehead atoms. The SMILES string of the molecule is O=C(CC(c1ccccc1)c1ccccc1)N1CCN(C2CCCCCC2)CC1. The Kier molecular flexibility index (Phi) is 7.00. The van der Waals surface area contributed by atoms with Gasteiger partial charge in [0.25, 0.3) is 0 Å². The van der Waals surface area contributed by atoms with Crippen molar-refractivity contribution in [3.05, 3.63) is 71.8 Å². The highest BCUT2D eigenvalue weighted by molar-refractivity contribution is 5.78. The summed E-state index contributed by atoms with van der Waals surface area (Å²) in [6.07, 6.45) is 8.79. The van der Waals surface area contributed by atoms with Crippen molar-refractivity contribution in [1.29, 1.82) is 0 Å². The molecule has 2 aromatic carbocycles. The molecule has 1 saturated carbocycles. The van der Waals surface area contributed by atoms with E-state index >= 15 is 0 Å². The molecule has 0 N–H and O–H groups in total. The van der Waals surface area contributed by atoms with Crippen LogP contribution in [-0.4, -0.2) is 47.9 Å². The molecule has 0 aromatic heterocycles. The van der Waals surface area contributed by atoms with Crippen LogP contribution < -0.4 is 0 Å². The third-order valence-corrected chi connectivity index (χ3v) is 6.79. The Balaban J connectivity index is 1.38. The molecule has 2 aliphatic rings. The van der Waals surface area contributed by atoms with Crippen LogP contribution in [0, 0.1) is 0 Å². The molecule has 4 rings (SSSR count). The third-order valence-electron chi connectivity index (χ3n) is 6.79. The zero-order chi connectivity index (χ0) is 19.9. The van der Waals surface area contributed by atoms with Gasteiger partial charge in [-0.05, 0) is 24.0 Å². The summed E-state index contributed by atoms with van der Waals surface area (Å²) in [5, 5.41) is 0. The molecule has 1 aliphatic carbocycles. The molecule has 154 valence electrons. The van der Waals surface area contributed by atoms with Crippen LogP contribution in [0.3, 0.4) is 0 Å². The molecule has 0 atom stereocenters. The molecule has 0 radical (unpaired) electrons. The zero-order valence-electron chi connectivity index (χ0n) is 17.5. The fourth-order valence-electron chi connectivity index (χ4n) is 5.06. The van der Waals surface area contributed by atoms with Gasteiger partial charge in [-0.2, -0.15) is 0 Å². The van der Waals surface area contributed by atoms with Gasteiger partial charge in [-0.25, -0.2) is 0 Å². The van der Waals surface area contributed by atoms with Crippen molar-refractivity contribution in [3.8, 4) is 0 Å². The molecular formula is C26H34N2O. The minimum Gasteiger partial charge on any atom is -0.340 e. The molecule has 3 nitrogen and oxygen atoms in total. The van der Waals surface area contributed by atoms with Gasteiger partial charge in [-0.1, -0.05) is 86.3 Å². The quantitative estimate of drug-likeness (QED) is 0.665. The lowest BCUT2D eigenvalue weighted by atomic mass is 9.88. The highest BCUT2D eigenvalue weighted by Crippen LogP contribution is 2.29. The van der Waals surface area contributed by atoms with Gasteiger partial charge in [-0.15, -0.1) is 0 Å². The minimum atomic E-state index is 0.129. The first-order valence-corrected chi connectivity index (χ1v) is 11.4. The van der Waals surface area contributed by atoms with Gasteiger partial charge in [0.05, 0.1) is 0 Å². The first-order valence-electron chi connectivity index (χ1n) is 11.4. The number of amides is 1. The van der Waals surface area contributed by atoms with Crippen molar-refractivity contribution in [2.24, 2.45) is 0 Å². The topological polar surface area (TPSA) is 23.6 Å². The van der Waals surface area contributed by atoms with Crippen LogP contribution in [0.25, 0.3) is 0 Å². The van der Waals surface area contributed by atoms with Crippen LogP contribution >= 0.6 is 0 Å². The molecule has 1 amide bonds. The predicted octanol–water partition coefficient (Wildman–Crippen LogP) is 5.08. The summed E-state index contributed by atoms with van der Waals surface area (Å²) >= 11 is 0. The van der Waals surface area contributed by atoms with Crippen LogP contribution in [-0.2, 0) is 4.79 Å². The van der Waals surface area contributed by atoms with Crippen LogP contribution in [0.4, 0.5) is 0 Å². The highest BCUT2D eigenvalue weighted by Gasteiger charge is 2.28. The van der Waals surface area contributed by atoms with Gasteiger partial charge >= 0.3 is 0 Å². The molecule has 2 aromatic rings. The second kappa shape index (κ2) is 10.1. The maximum Gasteiger partial charge on any atom is 0.223 e. The summed E-state index contributed by atoms with van der Waals surface area (Å²) in [7, 11) is 0. The van der Waals surface area contributed by atoms with Crippen molar-refractivity contribution in [3.63, 3.8) is 0 Å². The lowest BCUT2D eigenvalue weighted by molar-refractivity contribution is -0.133. The molecule has 0 unspecified atom stereocenters. The van der Waals surface area contributed by atoms with Crippen molar-refractivity contribution in [2.45, 2.75) is 56.9 Å². The molecule has 1 saturated heterocycles. The lowest BCUT2D eigenvalue weighted by Crippen LogP contribution is -2.52. The Morgan fingerprint density at radius 3 is 1.79 bits per heavy atom. The number of nitrogens with zero attached hydrogens (tertiary/aromatic N) is 2. The second-order valence-electron chi connectivity index (χ2n) is 8.64. The van der Waals surface area contributed by atoms with E-state index in [2.05, 4.69) is 58.3 Å². The average Bonchev–Trinajstić information content (AvgIpc) is 3.08. The molecule has 1 heterocycles. The summed E-state index contributed by atoms with van der Waals surface area (Å²) in [6, 6.07) is 21.7. The van der Waals surface area contributed by atoms with E-state index in [9.17, 15) is 4.79 Å². The maximum absolute atomic E-state index is 13.2. The highest BCUT2D eigenvalue weighted by atomic mass is 16.2. The summed E-state index contributed by atoms with van der Waals surface area (Å²) in [5.41, 5.74) is 2.45. The fraction of sp³-hybridized carbons (Fsp3) is 0.500. The van der Waals surface area contributed by atoms with Crippen LogP contribution in [0.1, 0.15) is 62.0 Å². The van der Waals surface area contributed by atoms with Gasteiger partial charge in [0, 0.05) is 44.6 Å². The Labute approximate surface area is 175 Å². The van der Waals surface area contributed by atoms with E-state index in [-0.39, 0.29) is 5.92 Å². The Morgan fingerprint density at radius 1 is 0.759 bits per heavy atom. The average molecular weight is 391 g/mol. The minimum absolute atomic E-state index is 0.129. The molecule has 1 aliphatic heterocycles. The Hall–Kier alpha value is -2.13. The normalized spacial score (nSPS) is 19.3. The number of carbonyl (C=O) groups is 1. The van der Waals surface area contributed by atoms with E-state index in [1.807, 2.05) is 12.1 Å². The molecule has 3 heteroatoms. The Bertz CT molecular complexity index is 705. The smallest absolute Gasteiger partial charge is 0.223 e. The number of piperazine rings is 1. The third kappa shape index (κ3) is 5.27. The van der Waals surface area contributed by atoms with Gasteiger partial charge in [0.15, 0.2) is 0 Å². The van der Waals surface area contributed by atoms with E-state index in [0.717, 1.165) is 32.2 Å². The van der Waals surface area contributed by atoms with Crippen molar-refractivity contribution >= 4 is 5.91 Å². The van der Waals surface area contributed by atoms with E-state index in [0.29, 0.717) is 12.3 Å². The Morgan fingerprint density at radius 2 is 1.28 bits per heavy atom. The molecular weight excluding hydrogens is 356 g/mol. The number of hydrogen-bond acceptors (Lipinski definition) is 2. The number of hydrogen-bond donors (Lipinski definition) is 0. The van der Waals surface area contributed by atoms with E-state index in [1.54, 1.807) is 0 Å². The van der Waals surface area contributed by atoms with Crippen LogP contribution in [0.5, 0.6) is 0 Å². The fourth-order valence-corrected chi connectivity index (χ4v) is 5.06. The predicted molar refractivity (Wildman–Crippen MR) is 119 cm³/mol. The van der Waals surface area contributed by atoms with Gasteiger partial charge in [-0.3, -0.25) is 9.69 Å². The first-order chi connectivity index (χ1) is 14.3. The van der Waals surface area contributed by atoms with Crippen LogP contribution in [0.15, 0.2) is 60.7 Å². The second-order valence-corrected chi connectivity index (χ2v) is 8.64. The van der Waals surface area contributed by atoms with E-state index < -0.39 is 0 Å². The van der Waals surface area contributed by atoms with Gasteiger partial charge in [0.2, 0.25) is 5.91 Å². The van der Waals surface area contributed by atoms with Crippen molar-refractivity contribution in [1.82, 2.24) is 9.80 Å². The summed E-state index contributed by atoms with van der Waals surface area (Å²) < 4.78 is 0. The van der Waals surface area contributed by atoms with Crippen molar-refractivity contribution in [2.75, 3.05) is 26.2 Å². The number of carbonyl (C=O) groups excluding carboxylic acids is 1. The van der Waals surface area contributed by atoms with E-state index in [1.165, 1.54) is 49.7 Å². The monoisotopic (exact) mass is 390 g/mol. The van der Waals surface area contributed by atoms with E-state index in [4.69, 9.17) is 0 Å². The largest absolute Gasteiger partial charge is 0.340 e. The van der Waals surface area contributed by atoms with Gasteiger partial charge < -0.3 is 4.90 Å². The lowest BCUT2D eigenvalue weighted by Gasteiger charge is -2.39. The standard InChI is InChI=1S/C26H34N2O/c29-26(28-19-17-27(18-20-28)24-15-9-1-2-10-16-24)21-25(22-11-5-3-6-12-22)23-13-7-4-8-14-23/h3-8,11-14,24-25H,1-2,9-10,15-21H2. The zero-order valence-corrected chi connectivity index (χ0v) is 17.5.